The Morgan fingerprint density at radius 3 is 3.07 bits per heavy atom. The largest absolute Gasteiger partial charge is 0.356 e. The Morgan fingerprint density at radius 1 is 1.71 bits per heavy atom. The molecule has 0 aromatic carbocycles. The average molecular weight is 213 g/mol. The second kappa shape index (κ2) is 5.72. The van der Waals surface area contributed by atoms with Crippen LogP contribution in [0, 0.1) is 6.92 Å². The number of carbonyl (C=O) groups is 1. The number of hydrogen-bond donors (Lipinski definition) is 2. The number of thiazole rings is 1. The fraction of sp³-hybridized carbons (Fsp3) is 0.556. The number of rotatable bonds is 5. The minimum absolute atomic E-state index is 0.0146. The third-order valence-electron chi connectivity index (χ3n) is 1.70. The lowest BCUT2D eigenvalue weighted by Gasteiger charge is -2.01. The molecule has 78 valence electrons. The fourth-order valence-corrected chi connectivity index (χ4v) is 1.82. The second-order valence-corrected chi connectivity index (χ2v) is 3.96. The first-order valence-corrected chi connectivity index (χ1v) is 5.48. The highest BCUT2D eigenvalue weighted by atomic mass is 32.1. The van der Waals surface area contributed by atoms with E-state index in [1.54, 1.807) is 11.3 Å². The van der Waals surface area contributed by atoms with E-state index in [1.807, 2.05) is 12.3 Å². The molecule has 3 N–H and O–H groups in total. The van der Waals surface area contributed by atoms with Gasteiger partial charge >= 0.3 is 0 Å². The molecular formula is C9H15N3OS. The van der Waals surface area contributed by atoms with Crippen LogP contribution in [0.1, 0.15) is 17.1 Å². The molecule has 0 atom stereocenters. The van der Waals surface area contributed by atoms with Crippen molar-refractivity contribution >= 4 is 17.2 Å². The summed E-state index contributed by atoms with van der Waals surface area (Å²) in [6.45, 7) is 3.01. The fourth-order valence-electron chi connectivity index (χ4n) is 1.05. The Hall–Kier alpha value is -0.940. The topological polar surface area (TPSA) is 68.0 Å². The molecule has 0 unspecified atom stereocenters. The van der Waals surface area contributed by atoms with Crippen molar-refractivity contribution in [2.45, 2.75) is 19.8 Å². The Balaban J connectivity index is 2.18. The molecule has 0 aliphatic rings. The third-order valence-corrected chi connectivity index (χ3v) is 2.73. The lowest BCUT2D eigenvalue weighted by Crippen LogP contribution is -2.27. The molecule has 0 radical (unpaired) electrons. The average Bonchev–Trinajstić information content (AvgIpc) is 2.52. The molecule has 1 rings (SSSR count). The molecule has 1 aromatic rings. The van der Waals surface area contributed by atoms with Gasteiger partial charge in [0.05, 0.1) is 5.01 Å². The highest BCUT2D eigenvalue weighted by molar-refractivity contribution is 7.09. The molecule has 0 saturated heterocycles. The maximum atomic E-state index is 11.0. The van der Waals surface area contributed by atoms with Crippen LogP contribution in [-0.2, 0) is 11.2 Å². The van der Waals surface area contributed by atoms with Crippen molar-refractivity contribution in [1.82, 2.24) is 10.3 Å². The zero-order valence-corrected chi connectivity index (χ0v) is 9.06. The second-order valence-electron chi connectivity index (χ2n) is 3.02. The van der Waals surface area contributed by atoms with Crippen LogP contribution in [0.25, 0.3) is 0 Å². The van der Waals surface area contributed by atoms with Gasteiger partial charge in [-0.25, -0.2) is 4.98 Å². The standard InChI is InChI=1S/C9H15N3OS/c1-7-6-14-9(12-7)3-5-11-8(13)2-4-10/h6H,2-5,10H2,1H3,(H,11,13). The van der Waals surface area contributed by atoms with Crippen LogP contribution in [-0.4, -0.2) is 24.0 Å². The van der Waals surface area contributed by atoms with Gasteiger partial charge in [-0.3, -0.25) is 4.79 Å². The first-order chi connectivity index (χ1) is 6.72. The normalized spacial score (nSPS) is 10.1. The van der Waals surface area contributed by atoms with E-state index in [0.29, 0.717) is 19.5 Å². The van der Waals surface area contributed by atoms with Crippen LogP contribution in [0.4, 0.5) is 0 Å². The summed E-state index contributed by atoms with van der Waals surface area (Å²) in [5.74, 6) is 0.0146. The zero-order valence-electron chi connectivity index (χ0n) is 8.25. The maximum absolute atomic E-state index is 11.0. The van der Waals surface area contributed by atoms with E-state index < -0.39 is 0 Å². The summed E-state index contributed by atoms with van der Waals surface area (Å²) in [6, 6.07) is 0. The van der Waals surface area contributed by atoms with E-state index in [0.717, 1.165) is 17.1 Å². The minimum Gasteiger partial charge on any atom is -0.356 e. The van der Waals surface area contributed by atoms with E-state index in [2.05, 4.69) is 10.3 Å². The quantitative estimate of drug-likeness (QED) is 0.746. The van der Waals surface area contributed by atoms with Gasteiger partial charge in [0, 0.05) is 37.0 Å². The lowest BCUT2D eigenvalue weighted by molar-refractivity contribution is -0.120. The van der Waals surface area contributed by atoms with Crippen molar-refractivity contribution in [3.63, 3.8) is 0 Å². The van der Waals surface area contributed by atoms with Crippen LogP contribution in [0.2, 0.25) is 0 Å². The summed E-state index contributed by atoms with van der Waals surface area (Å²) in [6.07, 6.45) is 1.20. The van der Waals surface area contributed by atoms with E-state index in [1.165, 1.54) is 0 Å². The number of nitrogens with zero attached hydrogens (tertiary/aromatic N) is 1. The summed E-state index contributed by atoms with van der Waals surface area (Å²) in [7, 11) is 0. The first kappa shape index (κ1) is 11.1. The van der Waals surface area contributed by atoms with Gasteiger partial charge in [-0.1, -0.05) is 0 Å². The number of nitrogens with one attached hydrogen (secondary N) is 1. The van der Waals surface area contributed by atoms with Crippen LogP contribution < -0.4 is 11.1 Å². The number of aromatic nitrogens is 1. The Morgan fingerprint density at radius 2 is 2.50 bits per heavy atom. The smallest absolute Gasteiger partial charge is 0.221 e. The predicted molar refractivity (Wildman–Crippen MR) is 57.2 cm³/mol. The van der Waals surface area contributed by atoms with Gasteiger partial charge in [-0.15, -0.1) is 11.3 Å². The molecule has 0 fully saturated rings. The number of amides is 1. The van der Waals surface area contributed by atoms with E-state index in [-0.39, 0.29) is 5.91 Å². The van der Waals surface area contributed by atoms with Crippen LogP contribution in [0.3, 0.4) is 0 Å². The van der Waals surface area contributed by atoms with Crippen molar-refractivity contribution in [2.75, 3.05) is 13.1 Å². The monoisotopic (exact) mass is 213 g/mol. The van der Waals surface area contributed by atoms with Crippen LogP contribution in [0.15, 0.2) is 5.38 Å². The molecule has 1 heterocycles. The van der Waals surface area contributed by atoms with Gasteiger partial charge in [0.1, 0.15) is 0 Å². The highest BCUT2D eigenvalue weighted by Crippen LogP contribution is 2.08. The molecule has 0 aliphatic carbocycles. The summed E-state index contributed by atoms with van der Waals surface area (Å²) in [4.78, 5) is 15.3. The van der Waals surface area contributed by atoms with Crippen molar-refractivity contribution in [1.29, 1.82) is 0 Å². The minimum atomic E-state index is 0.0146. The number of hydrogen-bond acceptors (Lipinski definition) is 4. The van der Waals surface area contributed by atoms with Gasteiger partial charge in [-0.05, 0) is 6.92 Å². The van der Waals surface area contributed by atoms with Gasteiger partial charge in [0.15, 0.2) is 0 Å². The predicted octanol–water partition coefficient (Wildman–Crippen LogP) is 0.459. The Labute approximate surface area is 87.5 Å². The van der Waals surface area contributed by atoms with Gasteiger partial charge < -0.3 is 11.1 Å². The van der Waals surface area contributed by atoms with Crippen molar-refractivity contribution in [3.8, 4) is 0 Å². The molecular weight excluding hydrogens is 198 g/mol. The van der Waals surface area contributed by atoms with E-state index in [4.69, 9.17) is 5.73 Å². The zero-order chi connectivity index (χ0) is 10.4. The van der Waals surface area contributed by atoms with E-state index >= 15 is 0 Å². The Bertz CT molecular complexity index is 298. The summed E-state index contributed by atoms with van der Waals surface area (Å²) >= 11 is 1.63. The maximum Gasteiger partial charge on any atom is 0.221 e. The summed E-state index contributed by atoms with van der Waals surface area (Å²) in [5, 5.41) is 5.87. The third kappa shape index (κ3) is 3.85. The molecule has 0 bridgehead atoms. The molecule has 1 amide bonds. The SMILES string of the molecule is Cc1csc(CCNC(=O)CCN)n1. The Kier molecular flexibility index (Phi) is 4.55. The highest BCUT2D eigenvalue weighted by Gasteiger charge is 2.01. The van der Waals surface area contributed by atoms with Crippen molar-refractivity contribution in [2.24, 2.45) is 5.73 Å². The van der Waals surface area contributed by atoms with Crippen molar-refractivity contribution in [3.05, 3.63) is 16.1 Å². The lowest BCUT2D eigenvalue weighted by atomic mass is 10.4. The molecule has 0 saturated carbocycles. The summed E-state index contributed by atoms with van der Waals surface area (Å²) in [5.41, 5.74) is 6.28. The van der Waals surface area contributed by atoms with Gasteiger partial charge in [0.25, 0.3) is 0 Å². The molecule has 0 aliphatic heterocycles. The van der Waals surface area contributed by atoms with Crippen molar-refractivity contribution < 1.29 is 4.79 Å². The van der Waals surface area contributed by atoms with Crippen LogP contribution >= 0.6 is 11.3 Å². The number of aryl methyl sites for hydroxylation is 1. The first-order valence-electron chi connectivity index (χ1n) is 4.60. The molecule has 0 spiro atoms. The van der Waals surface area contributed by atoms with Gasteiger partial charge in [0.2, 0.25) is 5.91 Å². The van der Waals surface area contributed by atoms with Gasteiger partial charge in [-0.2, -0.15) is 0 Å². The summed E-state index contributed by atoms with van der Waals surface area (Å²) < 4.78 is 0. The van der Waals surface area contributed by atoms with E-state index in [9.17, 15) is 4.79 Å². The molecule has 1 aromatic heterocycles. The number of carbonyl (C=O) groups excluding carboxylic acids is 1. The van der Waals surface area contributed by atoms with Crippen LogP contribution in [0.5, 0.6) is 0 Å². The molecule has 14 heavy (non-hydrogen) atoms. The molecule has 5 heteroatoms. The number of nitrogens with two attached hydrogens (primary N) is 1. The molecule has 4 nitrogen and oxygen atoms in total.